The fourth-order valence-electron chi connectivity index (χ4n) is 3.97. The number of hydrogen-bond acceptors (Lipinski definition) is 5. The van der Waals surface area contributed by atoms with Gasteiger partial charge in [0.25, 0.3) is 0 Å². The Bertz CT molecular complexity index is 1160. The van der Waals surface area contributed by atoms with Gasteiger partial charge in [-0.25, -0.2) is 9.67 Å². The van der Waals surface area contributed by atoms with Gasteiger partial charge in [-0.15, -0.1) is 0 Å². The van der Waals surface area contributed by atoms with Crippen molar-refractivity contribution >= 4 is 22.9 Å². The van der Waals surface area contributed by atoms with Crippen LogP contribution in [0.2, 0.25) is 0 Å². The van der Waals surface area contributed by atoms with E-state index in [1.54, 1.807) is 12.4 Å². The van der Waals surface area contributed by atoms with Crippen molar-refractivity contribution in [1.82, 2.24) is 24.3 Å². The van der Waals surface area contributed by atoms with Gasteiger partial charge in [0, 0.05) is 35.9 Å². The first kappa shape index (κ1) is 17.6. The Labute approximate surface area is 168 Å². The Balaban J connectivity index is 1.48. The molecule has 1 fully saturated rings. The van der Waals surface area contributed by atoms with Crippen LogP contribution in [0, 0.1) is 0 Å². The second kappa shape index (κ2) is 7.50. The smallest absolute Gasteiger partial charge is 0.174 e. The van der Waals surface area contributed by atoms with Crippen LogP contribution >= 0.6 is 0 Å². The van der Waals surface area contributed by atoms with Gasteiger partial charge < -0.3 is 14.7 Å². The molecule has 3 aromatic heterocycles. The summed E-state index contributed by atoms with van der Waals surface area (Å²) in [5, 5.41) is 9.24. The van der Waals surface area contributed by atoms with E-state index in [-0.39, 0.29) is 0 Å². The van der Waals surface area contributed by atoms with Gasteiger partial charge in [-0.1, -0.05) is 12.8 Å². The number of carbonyl (C=O) groups is 1. The van der Waals surface area contributed by atoms with Crippen LogP contribution in [0.25, 0.3) is 22.5 Å². The summed E-state index contributed by atoms with van der Waals surface area (Å²) in [4.78, 5) is 19.8. The summed E-state index contributed by atoms with van der Waals surface area (Å²) >= 11 is 0. The third-order valence-corrected chi connectivity index (χ3v) is 5.46. The molecule has 0 saturated heterocycles. The zero-order valence-corrected chi connectivity index (χ0v) is 16.0. The molecule has 7 nitrogen and oxygen atoms in total. The van der Waals surface area contributed by atoms with Gasteiger partial charge in [-0.05, 0) is 42.7 Å². The monoisotopic (exact) mass is 386 g/mol. The molecule has 1 aromatic carbocycles. The molecule has 7 heteroatoms. The molecule has 0 aliphatic heterocycles. The molecule has 0 radical (unpaired) electrons. The minimum absolute atomic E-state index is 0.390. The Kier molecular flexibility index (Phi) is 4.56. The molecule has 1 N–H and O–H groups in total. The molecule has 4 aromatic rings. The number of carbonyl (C=O) groups excluding carboxylic acids is 1. The summed E-state index contributed by atoms with van der Waals surface area (Å²) in [6, 6.07) is 8.80. The minimum atomic E-state index is 0.390. The second-order valence-electron chi connectivity index (χ2n) is 7.49. The van der Waals surface area contributed by atoms with E-state index in [9.17, 15) is 4.79 Å². The summed E-state index contributed by atoms with van der Waals surface area (Å²) in [6.45, 7) is 0. The lowest BCUT2D eigenvalue weighted by Crippen LogP contribution is -2.14. The van der Waals surface area contributed by atoms with E-state index in [1.807, 2.05) is 33.9 Å². The highest BCUT2D eigenvalue weighted by atomic mass is 16.1. The number of fused-ring (bicyclic) bond motifs is 1. The standard InChI is InChI=1S/C22H22N6O/c29-10-8-16-7-9-27(15-16)21-13-23-14-22(26-21)28-20-11-19(6-5-17(20)12-24-28)25-18-3-1-2-4-18/h5-7,9-15,18,25H,1-4,8H2. The molecule has 0 amide bonds. The van der Waals surface area contributed by atoms with Crippen molar-refractivity contribution in [3.8, 4) is 11.6 Å². The van der Waals surface area contributed by atoms with Crippen molar-refractivity contribution in [1.29, 1.82) is 0 Å². The van der Waals surface area contributed by atoms with Gasteiger partial charge in [0.05, 0.1) is 24.1 Å². The molecular weight excluding hydrogens is 364 g/mol. The molecule has 0 bridgehead atoms. The third-order valence-electron chi connectivity index (χ3n) is 5.46. The van der Waals surface area contributed by atoms with E-state index in [1.165, 1.54) is 25.7 Å². The van der Waals surface area contributed by atoms with Crippen LogP contribution in [0.5, 0.6) is 0 Å². The zero-order chi connectivity index (χ0) is 19.6. The van der Waals surface area contributed by atoms with Crippen LogP contribution in [-0.2, 0) is 11.2 Å². The van der Waals surface area contributed by atoms with Gasteiger partial charge in [-0.3, -0.25) is 4.98 Å². The molecule has 0 atom stereocenters. The molecular formula is C22H22N6O. The van der Waals surface area contributed by atoms with Crippen molar-refractivity contribution in [2.75, 3.05) is 5.32 Å². The molecule has 146 valence electrons. The topological polar surface area (TPSA) is 77.6 Å². The average molecular weight is 386 g/mol. The normalized spacial score (nSPS) is 14.5. The van der Waals surface area contributed by atoms with Crippen LogP contribution < -0.4 is 5.32 Å². The molecule has 29 heavy (non-hydrogen) atoms. The van der Waals surface area contributed by atoms with Gasteiger partial charge in [-0.2, -0.15) is 5.10 Å². The van der Waals surface area contributed by atoms with Crippen LogP contribution in [0.15, 0.2) is 55.2 Å². The summed E-state index contributed by atoms with van der Waals surface area (Å²) in [7, 11) is 0. The molecule has 0 spiro atoms. The van der Waals surface area contributed by atoms with E-state index < -0.39 is 0 Å². The molecule has 0 unspecified atom stereocenters. The summed E-state index contributed by atoms with van der Waals surface area (Å²) in [5.74, 6) is 1.34. The predicted octanol–water partition coefficient (Wildman–Crippen LogP) is 3.70. The maximum atomic E-state index is 10.7. The number of aldehydes is 1. The number of anilines is 1. The van der Waals surface area contributed by atoms with Crippen LogP contribution in [0.4, 0.5) is 5.69 Å². The first-order valence-corrected chi connectivity index (χ1v) is 9.98. The first-order chi connectivity index (χ1) is 14.3. The lowest BCUT2D eigenvalue weighted by molar-refractivity contribution is -0.107. The molecule has 1 saturated carbocycles. The second-order valence-corrected chi connectivity index (χ2v) is 7.49. The molecule has 5 rings (SSSR count). The first-order valence-electron chi connectivity index (χ1n) is 9.98. The Morgan fingerprint density at radius 1 is 1.10 bits per heavy atom. The highest BCUT2D eigenvalue weighted by molar-refractivity contribution is 5.83. The van der Waals surface area contributed by atoms with Crippen molar-refractivity contribution in [3.05, 3.63) is 60.8 Å². The lowest BCUT2D eigenvalue weighted by atomic mass is 10.2. The molecule has 3 heterocycles. The van der Waals surface area contributed by atoms with E-state index >= 15 is 0 Å². The fraction of sp³-hybridized carbons (Fsp3) is 0.273. The molecule has 1 aliphatic carbocycles. The highest BCUT2D eigenvalue weighted by Crippen LogP contribution is 2.26. The maximum Gasteiger partial charge on any atom is 0.174 e. The number of nitrogens with zero attached hydrogens (tertiary/aromatic N) is 5. The van der Waals surface area contributed by atoms with E-state index in [2.05, 4.69) is 33.6 Å². The van der Waals surface area contributed by atoms with E-state index in [0.29, 0.717) is 24.1 Å². The number of hydrogen-bond donors (Lipinski definition) is 1. The fourth-order valence-corrected chi connectivity index (χ4v) is 3.97. The number of nitrogens with one attached hydrogen (secondary N) is 1. The van der Waals surface area contributed by atoms with Gasteiger partial charge >= 0.3 is 0 Å². The van der Waals surface area contributed by atoms with Crippen molar-refractivity contribution in [3.63, 3.8) is 0 Å². The van der Waals surface area contributed by atoms with E-state index in [4.69, 9.17) is 4.98 Å². The van der Waals surface area contributed by atoms with E-state index in [0.717, 1.165) is 28.4 Å². The third kappa shape index (κ3) is 3.51. The largest absolute Gasteiger partial charge is 0.382 e. The van der Waals surface area contributed by atoms with Crippen LogP contribution in [0.1, 0.15) is 31.2 Å². The highest BCUT2D eigenvalue weighted by Gasteiger charge is 2.15. The summed E-state index contributed by atoms with van der Waals surface area (Å²) in [6.07, 6.45) is 15.4. The van der Waals surface area contributed by atoms with Crippen LogP contribution in [-0.4, -0.2) is 36.6 Å². The van der Waals surface area contributed by atoms with Crippen molar-refractivity contribution in [2.24, 2.45) is 0 Å². The Hall–Kier alpha value is -3.48. The Morgan fingerprint density at radius 2 is 1.97 bits per heavy atom. The van der Waals surface area contributed by atoms with Crippen molar-refractivity contribution in [2.45, 2.75) is 38.1 Å². The predicted molar refractivity (Wildman–Crippen MR) is 112 cm³/mol. The lowest BCUT2D eigenvalue weighted by Gasteiger charge is -2.13. The molecule has 1 aliphatic rings. The Morgan fingerprint density at radius 3 is 2.83 bits per heavy atom. The number of rotatable bonds is 6. The van der Waals surface area contributed by atoms with Gasteiger partial charge in [0.2, 0.25) is 0 Å². The number of benzene rings is 1. The quantitative estimate of drug-likeness (QED) is 0.511. The van der Waals surface area contributed by atoms with Gasteiger partial charge in [0.1, 0.15) is 6.29 Å². The minimum Gasteiger partial charge on any atom is -0.382 e. The van der Waals surface area contributed by atoms with Gasteiger partial charge in [0.15, 0.2) is 11.6 Å². The van der Waals surface area contributed by atoms with Crippen LogP contribution in [0.3, 0.4) is 0 Å². The summed E-state index contributed by atoms with van der Waals surface area (Å²) < 4.78 is 3.69. The SMILES string of the molecule is O=CCc1ccn(-c2cncc(-n3ncc4ccc(NC5CCCC5)cc43)n2)c1. The zero-order valence-electron chi connectivity index (χ0n) is 16.0. The van der Waals surface area contributed by atoms with Crippen molar-refractivity contribution < 1.29 is 4.79 Å². The number of aromatic nitrogens is 5. The average Bonchev–Trinajstić information content (AvgIpc) is 3.49. The maximum absolute atomic E-state index is 10.7. The summed E-state index contributed by atoms with van der Waals surface area (Å²) in [5.41, 5.74) is 3.05.